The average Bonchev–Trinajstić information content (AvgIpc) is 2.74. The van der Waals surface area contributed by atoms with Crippen LogP contribution < -0.4 is 9.64 Å². The summed E-state index contributed by atoms with van der Waals surface area (Å²) in [6.07, 6.45) is 5.34. The highest BCUT2D eigenvalue weighted by molar-refractivity contribution is 5.41. The van der Waals surface area contributed by atoms with E-state index in [4.69, 9.17) is 4.74 Å². The van der Waals surface area contributed by atoms with Gasteiger partial charge in [0.2, 0.25) is 5.88 Å². The lowest BCUT2D eigenvalue weighted by molar-refractivity contribution is 0.0543. The molecule has 2 aliphatic rings. The topological polar surface area (TPSA) is 41.5 Å². The predicted octanol–water partition coefficient (Wildman–Crippen LogP) is 3.58. The number of benzene rings is 1. The van der Waals surface area contributed by atoms with Crippen LogP contribution in [0, 0.1) is 5.41 Å². The lowest BCUT2D eigenvalue weighted by Gasteiger charge is -2.50. The van der Waals surface area contributed by atoms with Gasteiger partial charge in [-0.05, 0) is 42.7 Å². The molecule has 1 aromatic heterocycles. The van der Waals surface area contributed by atoms with Gasteiger partial charge in [-0.25, -0.2) is 9.97 Å². The van der Waals surface area contributed by atoms with Crippen LogP contribution in [0.2, 0.25) is 0 Å². The summed E-state index contributed by atoms with van der Waals surface area (Å²) in [6, 6.07) is 13.0. The number of ether oxygens (including phenoxy) is 1. The van der Waals surface area contributed by atoms with Gasteiger partial charge in [-0.15, -0.1) is 0 Å². The summed E-state index contributed by atoms with van der Waals surface area (Å²) < 4.78 is 5.26. The molecule has 1 unspecified atom stereocenters. The molecule has 5 heteroatoms. The van der Waals surface area contributed by atoms with Crippen molar-refractivity contribution in [1.29, 1.82) is 0 Å². The third-order valence-electron chi connectivity index (χ3n) is 6.42. The molecule has 0 bridgehead atoms. The molecule has 0 amide bonds. The Morgan fingerprint density at radius 1 is 1.15 bits per heavy atom. The minimum Gasteiger partial charge on any atom is -0.481 e. The molecule has 1 spiro atoms. The van der Waals surface area contributed by atoms with Crippen LogP contribution in [0.4, 0.5) is 5.82 Å². The minimum atomic E-state index is 0.419. The number of methoxy groups -OCH3 is 1. The fourth-order valence-electron chi connectivity index (χ4n) is 4.88. The van der Waals surface area contributed by atoms with Gasteiger partial charge in [0.05, 0.1) is 7.11 Å². The van der Waals surface area contributed by atoms with Gasteiger partial charge in [0.1, 0.15) is 12.1 Å². The molecule has 4 rings (SSSR count). The van der Waals surface area contributed by atoms with E-state index < -0.39 is 0 Å². The van der Waals surface area contributed by atoms with E-state index in [1.807, 2.05) is 6.07 Å². The first-order chi connectivity index (χ1) is 13.2. The maximum absolute atomic E-state index is 5.26. The van der Waals surface area contributed by atoms with E-state index in [-0.39, 0.29) is 0 Å². The summed E-state index contributed by atoms with van der Waals surface area (Å²) >= 11 is 0. The van der Waals surface area contributed by atoms with Crippen molar-refractivity contribution in [2.75, 3.05) is 44.7 Å². The molecule has 0 N–H and O–H groups in total. The number of piperidine rings is 2. The second kappa shape index (κ2) is 7.85. The quantitative estimate of drug-likeness (QED) is 0.827. The summed E-state index contributed by atoms with van der Waals surface area (Å²) in [5.74, 6) is 2.27. The van der Waals surface area contributed by atoms with Crippen molar-refractivity contribution >= 4 is 5.82 Å². The molecular formula is C22H30N4O. The molecular weight excluding hydrogens is 336 g/mol. The van der Waals surface area contributed by atoms with Crippen molar-refractivity contribution in [3.8, 4) is 5.88 Å². The second-order valence-corrected chi connectivity index (χ2v) is 8.05. The monoisotopic (exact) mass is 366 g/mol. The first-order valence-electron chi connectivity index (χ1n) is 10.1. The molecule has 27 heavy (non-hydrogen) atoms. The van der Waals surface area contributed by atoms with E-state index >= 15 is 0 Å². The average molecular weight is 367 g/mol. The van der Waals surface area contributed by atoms with Crippen LogP contribution in [0.15, 0.2) is 42.7 Å². The molecule has 2 fully saturated rings. The van der Waals surface area contributed by atoms with Gasteiger partial charge in [0, 0.05) is 32.2 Å². The number of aromatic nitrogens is 2. The van der Waals surface area contributed by atoms with E-state index in [9.17, 15) is 0 Å². The fourth-order valence-corrected chi connectivity index (χ4v) is 4.88. The molecule has 144 valence electrons. The fraction of sp³-hybridized carbons (Fsp3) is 0.545. The Hall–Kier alpha value is -2.14. The zero-order chi connectivity index (χ0) is 18.7. The molecule has 1 aromatic carbocycles. The third kappa shape index (κ3) is 3.93. The number of hydrogen-bond donors (Lipinski definition) is 0. The van der Waals surface area contributed by atoms with Crippen molar-refractivity contribution in [3.63, 3.8) is 0 Å². The summed E-state index contributed by atoms with van der Waals surface area (Å²) in [5.41, 5.74) is 1.92. The van der Waals surface area contributed by atoms with E-state index in [2.05, 4.69) is 57.0 Å². The summed E-state index contributed by atoms with van der Waals surface area (Å²) in [6.45, 7) is 7.96. The highest BCUT2D eigenvalue weighted by atomic mass is 16.5. The number of likely N-dealkylation sites (N-methyl/N-ethyl adjacent to an activating group) is 1. The Balaban J connectivity index is 1.48. The van der Waals surface area contributed by atoms with Crippen LogP contribution in [0.1, 0.15) is 37.7 Å². The largest absolute Gasteiger partial charge is 0.481 e. The maximum atomic E-state index is 5.26. The molecule has 5 nitrogen and oxygen atoms in total. The van der Waals surface area contributed by atoms with Crippen LogP contribution in [0.3, 0.4) is 0 Å². The van der Waals surface area contributed by atoms with E-state index in [0.717, 1.165) is 25.5 Å². The van der Waals surface area contributed by atoms with Crippen LogP contribution in [-0.2, 0) is 0 Å². The smallest absolute Gasteiger partial charge is 0.218 e. The molecule has 2 aromatic rings. The highest BCUT2D eigenvalue weighted by Crippen LogP contribution is 2.45. The zero-order valence-electron chi connectivity index (χ0n) is 16.5. The van der Waals surface area contributed by atoms with Gasteiger partial charge in [-0.1, -0.05) is 37.3 Å². The summed E-state index contributed by atoms with van der Waals surface area (Å²) in [7, 11) is 1.66. The molecule has 0 saturated carbocycles. The Labute approximate surface area is 162 Å². The number of likely N-dealkylation sites (tertiary alicyclic amines) is 1. The van der Waals surface area contributed by atoms with Crippen molar-refractivity contribution in [2.45, 2.75) is 32.1 Å². The number of nitrogens with zero attached hydrogens (tertiary/aromatic N) is 4. The summed E-state index contributed by atoms with van der Waals surface area (Å²) in [5, 5.41) is 0. The van der Waals surface area contributed by atoms with Crippen LogP contribution in [0.5, 0.6) is 5.88 Å². The summed E-state index contributed by atoms with van der Waals surface area (Å²) in [4.78, 5) is 13.6. The minimum absolute atomic E-state index is 0.419. The van der Waals surface area contributed by atoms with Gasteiger partial charge in [0.15, 0.2) is 0 Å². The standard InChI is InChI=1S/C22H30N4O/c1-3-25-15-19(18-7-5-4-6-8-18)14-22(16-25)9-11-26(12-10-22)20-13-21(27-2)24-17-23-20/h4-8,13,17,19H,3,9-12,14-16H2,1-2H3. The van der Waals surface area contributed by atoms with Gasteiger partial charge >= 0.3 is 0 Å². The Bertz CT molecular complexity index is 743. The maximum Gasteiger partial charge on any atom is 0.218 e. The highest BCUT2D eigenvalue weighted by Gasteiger charge is 2.42. The van der Waals surface area contributed by atoms with Gasteiger partial charge in [0.25, 0.3) is 0 Å². The van der Waals surface area contributed by atoms with Gasteiger partial charge in [-0.3, -0.25) is 0 Å². The van der Waals surface area contributed by atoms with Gasteiger partial charge in [-0.2, -0.15) is 0 Å². The lowest BCUT2D eigenvalue weighted by atomic mass is 9.68. The van der Waals surface area contributed by atoms with E-state index in [1.165, 1.54) is 37.9 Å². The molecule has 1 atom stereocenters. The molecule has 2 aliphatic heterocycles. The second-order valence-electron chi connectivity index (χ2n) is 8.05. The van der Waals surface area contributed by atoms with Crippen LogP contribution >= 0.6 is 0 Å². The Kier molecular flexibility index (Phi) is 5.30. The molecule has 2 saturated heterocycles. The first-order valence-corrected chi connectivity index (χ1v) is 10.1. The molecule has 0 radical (unpaired) electrons. The first kappa shape index (κ1) is 18.2. The number of anilines is 1. The molecule has 3 heterocycles. The molecule has 0 aliphatic carbocycles. The number of rotatable bonds is 4. The van der Waals surface area contributed by atoms with E-state index in [0.29, 0.717) is 17.2 Å². The van der Waals surface area contributed by atoms with Crippen molar-refractivity contribution < 1.29 is 4.74 Å². The van der Waals surface area contributed by atoms with Crippen LogP contribution in [0.25, 0.3) is 0 Å². The van der Waals surface area contributed by atoms with Crippen molar-refractivity contribution in [1.82, 2.24) is 14.9 Å². The van der Waals surface area contributed by atoms with E-state index in [1.54, 1.807) is 13.4 Å². The Morgan fingerprint density at radius 2 is 1.93 bits per heavy atom. The lowest BCUT2D eigenvalue weighted by Crippen LogP contribution is -2.51. The third-order valence-corrected chi connectivity index (χ3v) is 6.42. The van der Waals surface area contributed by atoms with Crippen molar-refractivity contribution in [2.24, 2.45) is 5.41 Å². The van der Waals surface area contributed by atoms with Gasteiger partial charge < -0.3 is 14.5 Å². The Morgan fingerprint density at radius 3 is 2.63 bits per heavy atom. The normalized spacial score (nSPS) is 22.7. The predicted molar refractivity (Wildman–Crippen MR) is 108 cm³/mol. The zero-order valence-corrected chi connectivity index (χ0v) is 16.5. The van der Waals surface area contributed by atoms with Crippen molar-refractivity contribution in [3.05, 3.63) is 48.3 Å². The SMILES string of the molecule is CCN1CC(c2ccccc2)CC2(CCN(c3cc(OC)ncn3)CC2)C1. The number of hydrogen-bond acceptors (Lipinski definition) is 5. The van der Waals surface area contributed by atoms with Crippen LogP contribution in [-0.4, -0.2) is 54.7 Å².